The van der Waals surface area contributed by atoms with Crippen LogP contribution in [0.4, 0.5) is 0 Å². The third kappa shape index (κ3) is 8.39. The quantitative estimate of drug-likeness (QED) is 0.561. The Hall–Kier alpha value is -0.340. The van der Waals surface area contributed by atoms with Crippen molar-refractivity contribution < 1.29 is 0 Å². The highest BCUT2D eigenvalue weighted by atomic mass is 15.1. The minimum absolute atomic E-state index is 0.618. The van der Waals surface area contributed by atoms with E-state index in [1.807, 2.05) is 6.08 Å². The second kappa shape index (κ2) is 10.8. The van der Waals surface area contributed by atoms with E-state index in [9.17, 15) is 0 Å². The van der Waals surface area contributed by atoms with Crippen molar-refractivity contribution in [1.29, 1.82) is 0 Å². The lowest BCUT2D eigenvalue weighted by atomic mass is 9.94. The zero-order chi connectivity index (χ0) is 13.1. The van der Waals surface area contributed by atoms with E-state index in [1.165, 1.54) is 38.6 Å². The molecule has 0 spiro atoms. The fourth-order valence-corrected chi connectivity index (χ4v) is 2.39. The van der Waals surface area contributed by atoms with Crippen molar-refractivity contribution in [3.05, 3.63) is 12.7 Å². The smallest absolute Gasteiger partial charge is 0.0163 e. The Morgan fingerprint density at radius 1 is 1.24 bits per heavy atom. The highest BCUT2D eigenvalue weighted by molar-refractivity contribution is 4.76. The first kappa shape index (κ1) is 16.7. The second-order valence-electron chi connectivity index (χ2n) is 5.25. The van der Waals surface area contributed by atoms with Gasteiger partial charge in [0.2, 0.25) is 0 Å². The summed E-state index contributed by atoms with van der Waals surface area (Å²) in [4.78, 5) is 2.48. The van der Waals surface area contributed by atoms with Crippen LogP contribution < -0.4 is 5.73 Å². The number of nitrogens with zero attached hydrogens (tertiary/aromatic N) is 1. The third-order valence-electron chi connectivity index (χ3n) is 3.42. The Labute approximate surface area is 108 Å². The van der Waals surface area contributed by atoms with Gasteiger partial charge in [-0.15, -0.1) is 6.58 Å². The topological polar surface area (TPSA) is 29.3 Å². The van der Waals surface area contributed by atoms with Crippen molar-refractivity contribution in [3.63, 3.8) is 0 Å². The predicted molar refractivity (Wildman–Crippen MR) is 78.2 cm³/mol. The molecule has 0 aliphatic heterocycles. The normalized spacial score (nSPS) is 13.3. The number of hydrogen-bond acceptors (Lipinski definition) is 2. The molecule has 2 heteroatoms. The third-order valence-corrected chi connectivity index (χ3v) is 3.42. The summed E-state index contributed by atoms with van der Waals surface area (Å²) in [6.45, 7) is 13.6. The number of hydrogen-bond donors (Lipinski definition) is 1. The Morgan fingerprint density at radius 3 is 2.41 bits per heavy atom. The summed E-state index contributed by atoms with van der Waals surface area (Å²) >= 11 is 0. The molecule has 0 aromatic rings. The molecular weight excluding hydrogens is 208 g/mol. The van der Waals surface area contributed by atoms with Gasteiger partial charge in [0, 0.05) is 12.6 Å². The minimum atomic E-state index is 0.618. The fourth-order valence-electron chi connectivity index (χ4n) is 2.39. The molecule has 0 heterocycles. The molecule has 0 aromatic carbocycles. The van der Waals surface area contributed by atoms with Gasteiger partial charge < -0.3 is 5.73 Å². The summed E-state index contributed by atoms with van der Waals surface area (Å²) in [7, 11) is 0. The maximum atomic E-state index is 5.66. The summed E-state index contributed by atoms with van der Waals surface area (Å²) in [5.41, 5.74) is 5.66. The Morgan fingerprint density at radius 2 is 1.94 bits per heavy atom. The molecule has 0 saturated heterocycles. The van der Waals surface area contributed by atoms with Gasteiger partial charge in [-0.1, -0.05) is 25.8 Å². The SMILES string of the molecule is C=CCN(CCCC(CCC)CCN)C(C)C. The zero-order valence-corrected chi connectivity index (χ0v) is 12.1. The first-order valence-corrected chi connectivity index (χ1v) is 7.20. The van der Waals surface area contributed by atoms with E-state index >= 15 is 0 Å². The van der Waals surface area contributed by atoms with Crippen molar-refractivity contribution in [2.45, 2.75) is 58.9 Å². The maximum Gasteiger partial charge on any atom is 0.0163 e. The molecule has 0 amide bonds. The molecule has 2 nitrogen and oxygen atoms in total. The van der Waals surface area contributed by atoms with E-state index in [2.05, 4.69) is 32.3 Å². The van der Waals surface area contributed by atoms with E-state index < -0.39 is 0 Å². The average molecular weight is 240 g/mol. The molecule has 0 radical (unpaired) electrons. The van der Waals surface area contributed by atoms with Crippen molar-refractivity contribution in [2.75, 3.05) is 19.6 Å². The van der Waals surface area contributed by atoms with Crippen LogP contribution in [0, 0.1) is 5.92 Å². The number of rotatable bonds is 11. The van der Waals surface area contributed by atoms with E-state index in [-0.39, 0.29) is 0 Å². The molecule has 2 N–H and O–H groups in total. The van der Waals surface area contributed by atoms with Gasteiger partial charge in [-0.2, -0.15) is 0 Å². The van der Waals surface area contributed by atoms with Crippen LogP contribution in [0.25, 0.3) is 0 Å². The summed E-state index contributed by atoms with van der Waals surface area (Å²) in [5.74, 6) is 0.836. The van der Waals surface area contributed by atoms with Crippen LogP contribution in [0.15, 0.2) is 12.7 Å². The van der Waals surface area contributed by atoms with E-state index in [0.29, 0.717) is 6.04 Å². The van der Waals surface area contributed by atoms with Gasteiger partial charge >= 0.3 is 0 Å². The zero-order valence-electron chi connectivity index (χ0n) is 12.1. The van der Waals surface area contributed by atoms with Crippen molar-refractivity contribution in [2.24, 2.45) is 11.7 Å². The lowest BCUT2D eigenvalue weighted by Gasteiger charge is -2.26. The standard InChI is InChI=1S/C15H32N2/c1-5-8-15(10-11-16)9-7-13-17(12-6-2)14(3)4/h6,14-15H,2,5,7-13,16H2,1,3-4H3. The Bertz CT molecular complexity index is 172. The van der Waals surface area contributed by atoms with Gasteiger partial charge in [-0.3, -0.25) is 4.90 Å². The van der Waals surface area contributed by atoms with Gasteiger partial charge in [0.1, 0.15) is 0 Å². The van der Waals surface area contributed by atoms with Crippen molar-refractivity contribution in [1.82, 2.24) is 4.90 Å². The van der Waals surface area contributed by atoms with Gasteiger partial charge in [0.15, 0.2) is 0 Å². The van der Waals surface area contributed by atoms with Gasteiger partial charge in [0.05, 0.1) is 0 Å². The molecule has 0 bridgehead atoms. The lowest BCUT2D eigenvalue weighted by molar-refractivity contribution is 0.232. The largest absolute Gasteiger partial charge is 0.330 e. The fraction of sp³-hybridized carbons (Fsp3) is 0.867. The first-order valence-electron chi connectivity index (χ1n) is 7.20. The van der Waals surface area contributed by atoms with Crippen LogP contribution in [0.3, 0.4) is 0 Å². The molecular formula is C15H32N2. The monoisotopic (exact) mass is 240 g/mol. The summed E-state index contributed by atoms with van der Waals surface area (Å²) in [5, 5.41) is 0. The van der Waals surface area contributed by atoms with Crippen molar-refractivity contribution in [3.8, 4) is 0 Å². The number of nitrogens with two attached hydrogens (primary N) is 1. The molecule has 0 fully saturated rings. The predicted octanol–water partition coefficient (Wildman–Crippen LogP) is 3.43. The molecule has 0 rings (SSSR count). The maximum absolute atomic E-state index is 5.66. The summed E-state index contributed by atoms with van der Waals surface area (Å²) < 4.78 is 0. The molecule has 1 unspecified atom stereocenters. The van der Waals surface area contributed by atoms with Crippen LogP contribution in [0.2, 0.25) is 0 Å². The highest BCUT2D eigenvalue weighted by Gasteiger charge is 2.10. The molecule has 0 aliphatic carbocycles. The molecule has 0 aliphatic rings. The molecule has 102 valence electrons. The van der Waals surface area contributed by atoms with Gasteiger partial charge in [-0.05, 0) is 52.1 Å². The Balaban J connectivity index is 3.86. The van der Waals surface area contributed by atoms with Crippen molar-refractivity contribution >= 4 is 0 Å². The minimum Gasteiger partial charge on any atom is -0.330 e. The van der Waals surface area contributed by atoms with Crippen LogP contribution >= 0.6 is 0 Å². The average Bonchev–Trinajstić information content (AvgIpc) is 2.28. The van der Waals surface area contributed by atoms with Crippen LogP contribution in [0.1, 0.15) is 52.9 Å². The van der Waals surface area contributed by atoms with Crippen LogP contribution in [-0.2, 0) is 0 Å². The molecule has 17 heavy (non-hydrogen) atoms. The summed E-state index contributed by atoms with van der Waals surface area (Å²) in [6.07, 6.45) is 8.42. The van der Waals surface area contributed by atoms with E-state index in [4.69, 9.17) is 5.73 Å². The molecule has 1 atom stereocenters. The van der Waals surface area contributed by atoms with Crippen LogP contribution in [-0.4, -0.2) is 30.6 Å². The van der Waals surface area contributed by atoms with Gasteiger partial charge in [-0.25, -0.2) is 0 Å². The molecule has 0 aromatic heterocycles. The highest BCUT2D eigenvalue weighted by Crippen LogP contribution is 2.17. The summed E-state index contributed by atoms with van der Waals surface area (Å²) in [6, 6.07) is 0.618. The van der Waals surface area contributed by atoms with Crippen LogP contribution in [0.5, 0.6) is 0 Å². The Kier molecular flexibility index (Phi) is 10.6. The second-order valence-corrected chi connectivity index (χ2v) is 5.25. The first-order chi connectivity index (χ1) is 8.15. The van der Waals surface area contributed by atoms with E-state index in [1.54, 1.807) is 0 Å². The van der Waals surface area contributed by atoms with Gasteiger partial charge in [0.25, 0.3) is 0 Å². The lowest BCUT2D eigenvalue weighted by Crippen LogP contribution is -2.32. The van der Waals surface area contributed by atoms with E-state index in [0.717, 1.165) is 19.0 Å². The molecule has 0 saturated carbocycles.